The van der Waals surface area contributed by atoms with E-state index in [4.69, 9.17) is 5.11 Å². The fraction of sp³-hybridized carbons (Fsp3) is 0.857. The van der Waals surface area contributed by atoms with Crippen molar-refractivity contribution in [1.29, 1.82) is 0 Å². The quantitative estimate of drug-likeness (QED) is 0.784. The highest BCUT2D eigenvalue weighted by Crippen LogP contribution is 2.23. The van der Waals surface area contributed by atoms with Crippen LogP contribution >= 0.6 is 0 Å². The van der Waals surface area contributed by atoms with Gasteiger partial charge in [-0.2, -0.15) is 0 Å². The molecule has 6 heteroatoms. The van der Waals surface area contributed by atoms with Crippen LogP contribution in [0, 0.1) is 11.8 Å². The number of nitrogens with one attached hydrogen (secondary N) is 1. The molecule has 0 bridgehead atoms. The van der Waals surface area contributed by atoms with Crippen molar-refractivity contribution >= 4 is 12.0 Å². The first-order chi connectivity index (χ1) is 9.49. The lowest BCUT2D eigenvalue weighted by Gasteiger charge is -2.41. The third-order valence-electron chi connectivity index (χ3n) is 4.61. The van der Waals surface area contributed by atoms with Crippen LogP contribution in [0.25, 0.3) is 0 Å². The molecule has 0 spiro atoms. The van der Waals surface area contributed by atoms with Crippen molar-refractivity contribution in [2.45, 2.75) is 32.7 Å². The maximum atomic E-state index is 11.9. The average Bonchev–Trinajstić information content (AvgIpc) is 2.87. The Kier molecular flexibility index (Phi) is 4.86. The fourth-order valence-electron chi connectivity index (χ4n) is 2.85. The number of hydrogen-bond donors (Lipinski definition) is 2. The summed E-state index contributed by atoms with van der Waals surface area (Å²) in [6, 6.07) is 0.307. The summed E-state index contributed by atoms with van der Waals surface area (Å²) in [6.45, 7) is 7.86. The minimum Gasteiger partial charge on any atom is -0.481 e. The normalized spacial score (nSPS) is 23.2. The Morgan fingerprint density at radius 3 is 2.40 bits per heavy atom. The van der Waals surface area contributed by atoms with E-state index in [0.29, 0.717) is 25.7 Å². The minimum absolute atomic E-state index is 0.0649. The van der Waals surface area contributed by atoms with Crippen LogP contribution in [0.2, 0.25) is 0 Å². The molecule has 0 aromatic rings. The Morgan fingerprint density at radius 2 is 1.85 bits per heavy atom. The molecule has 114 valence electrons. The van der Waals surface area contributed by atoms with E-state index >= 15 is 0 Å². The first-order valence-corrected chi connectivity index (χ1v) is 7.48. The van der Waals surface area contributed by atoms with Crippen LogP contribution in [0.5, 0.6) is 0 Å². The molecule has 6 nitrogen and oxygen atoms in total. The lowest BCUT2D eigenvalue weighted by Crippen LogP contribution is -2.57. The van der Waals surface area contributed by atoms with Gasteiger partial charge in [0.15, 0.2) is 0 Å². The summed E-state index contributed by atoms with van der Waals surface area (Å²) in [5.41, 5.74) is 0. The summed E-state index contributed by atoms with van der Waals surface area (Å²) in [4.78, 5) is 26.9. The third kappa shape index (κ3) is 3.42. The number of hydrogen-bond acceptors (Lipinski definition) is 3. The monoisotopic (exact) mass is 283 g/mol. The van der Waals surface area contributed by atoms with Crippen LogP contribution in [0.3, 0.4) is 0 Å². The zero-order valence-electron chi connectivity index (χ0n) is 12.3. The second-order valence-electron chi connectivity index (χ2n) is 6.07. The molecule has 2 aliphatic heterocycles. The molecule has 2 rings (SSSR count). The molecule has 2 aliphatic rings. The van der Waals surface area contributed by atoms with Crippen molar-refractivity contribution in [2.24, 2.45) is 11.8 Å². The van der Waals surface area contributed by atoms with E-state index in [1.165, 1.54) is 12.8 Å². The van der Waals surface area contributed by atoms with Crippen molar-refractivity contribution in [1.82, 2.24) is 15.1 Å². The van der Waals surface area contributed by atoms with E-state index in [1.54, 1.807) is 11.8 Å². The second kappa shape index (κ2) is 6.43. The van der Waals surface area contributed by atoms with Gasteiger partial charge in [0.05, 0.1) is 5.92 Å². The van der Waals surface area contributed by atoms with Crippen LogP contribution < -0.4 is 5.32 Å². The molecule has 2 fully saturated rings. The van der Waals surface area contributed by atoms with Gasteiger partial charge in [0.25, 0.3) is 0 Å². The number of carboxylic acids is 1. The van der Waals surface area contributed by atoms with Crippen LogP contribution in [-0.2, 0) is 4.79 Å². The van der Waals surface area contributed by atoms with Gasteiger partial charge in [0.1, 0.15) is 0 Å². The zero-order chi connectivity index (χ0) is 14.7. The summed E-state index contributed by atoms with van der Waals surface area (Å²) < 4.78 is 0. The van der Waals surface area contributed by atoms with E-state index < -0.39 is 5.97 Å². The predicted molar refractivity (Wildman–Crippen MR) is 75.5 cm³/mol. The SMILES string of the molecule is CC(C(=O)O)C1CN(C(=O)NCC(C)N2CCCC2)C1. The molecule has 2 saturated heterocycles. The molecule has 0 saturated carbocycles. The molecular formula is C14H25N3O3. The number of amides is 2. The van der Waals surface area contributed by atoms with E-state index in [0.717, 1.165) is 13.1 Å². The van der Waals surface area contributed by atoms with Gasteiger partial charge in [-0.3, -0.25) is 9.69 Å². The number of carbonyl (C=O) groups is 2. The summed E-state index contributed by atoms with van der Waals surface area (Å²) >= 11 is 0. The van der Waals surface area contributed by atoms with Crippen molar-refractivity contribution < 1.29 is 14.7 Å². The summed E-state index contributed by atoms with van der Waals surface area (Å²) in [5, 5.41) is 11.9. The van der Waals surface area contributed by atoms with Crippen molar-refractivity contribution in [2.75, 3.05) is 32.7 Å². The van der Waals surface area contributed by atoms with Crippen LogP contribution in [-0.4, -0.2) is 65.7 Å². The number of rotatable bonds is 5. The van der Waals surface area contributed by atoms with Crippen LogP contribution in [0.1, 0.15) is 26.7 Å². The number of carbonyl (C=O) groups excluding carboxylic acids is 1. The third-order valence-corrected chi connectivity index (χ3v) is 4.61. The lowest BCUT2D eigenvalue weighted by molar-refractivity contribution is -0.144. The molecule has 2 N–H and O–H groups in total. The highest BCUT2D eigenvalue weighted by Gasteiger charge is 2.37. The van der Waals surface area contributed by atoms with Gasteiger partial charge in [-0.25, -0.2) is 4.79 Å². The molecule has 0 radical (unpaired) electrons. The standard InChI is InChI=1S/C14H25N3O3/c1-10(16-5-3-4-6-16)7-15-14(20)17-8-12(9-17)11(2)13(18)19/h10-12H,3-9H2,1-2H3,(H,15,20)(H,18,19). The van der Waals surface area contributed by atoms with Gasteiger partial charge < -0.3 is 15.3 Å². The van der Waals surface area contributed by atoms with Gasteiger partial charge >= 0.3 is 12.0 Å². The first-order valence-electron chi connectivity index (χ1n) is 7.48. The maximum absolute atomic E-state index is 11.9. The van der Waals surface area contributed by atoms with Crippen molar-refractivity contribution in [3.8, 4) is 0 Å². The van der Waals surface area contributed by atoms with Gasteiger partial charge in [-0.05, 0) is 32.9 Å². The summed E-state index contributed by atoms with van der Waals surface area (Å²) in [5.74, 6) is -1.06. The molecule has 2 unspecified atom stereocenters. The Hall–Kier alpha value is -1.30. The molecule has 2 atom stereocenters. The zero-order valence-corrected chi connectivity index (χ0v) is 12.3. The van der Waals surface area contributed by atoms with Crippen molar-refractivity contribution in [3.63, 3.8) is 0 Å². The first kappa shape index (κ1) is 15.1. The fourth-order valence-corrected chi connectivity index (χ4v) is 2.85. The van der Waals surface area contributed by atoms with Gasteiger partial charge in [0, 0.05) is 31.6 Å². The number of nitrogens with zero attached hydrogens (tertiary/aromatic N) is 2. The molecule has 0 aromatic carbocycles. The Morgan fingerprint density at radius 1 is 1.25 bits per heavy atom. The van der Waals surface area contributed by atoms with E-state index in [-0.39, 0.29) is 17.9 Å². The molecule has 2 amide bonds. The molecule has 0 aromatic heterocycles. The Labute approximate surface area is 120 Å². The van der Waals surface area contributed by atoms with Crippen LogP contribution in [0.4, 0.5) is 4.79 Å². The summed E-state index contributed by atoms with van der Waals surface area (Å²) in [6.07, 6.45) is 2.50. The number of likely N-dealkylation sites (tertiary alicyclic amines) is 2. The number of aliphatic carboxylic acids is 1. The number of carboxylic acid groups (broad SMARTS) is 1. The molecular weight excluding hydrogens is 258 g/mol. The highest BCUT2D eigenvalue weighted by atomic mass is 16.4. The average molecular weight is 283 g/mol. The predicted octanol–water partition coefficient (Wildman–Crippen LogP) is 0.833. The van der Waals surface area contributed by atoms with Crippen LogP contribution in [0.15, 0.2) is 0 Å². The van der Waals surface area contributed by atoms with E-state index in [1.807, 2.05) is 0 Å². The van der Waals surface area contributed by atoms with Gasteiger partial charge in [0.2, 0.25) is 0 Å². The topological polar surface area (TPSA) is 72.9 Å². The second-order valence-corrected chi connectivity index (χ2v) is 6.07. The smallest absolute Gasteiger partial charge is 0.317 e. The lowest BCUT2D eigenvalue weighted by atomic mass is 9.87. The highest BCUT2D eigenvalue weighted by molar-refractivity contribution is 5.76. The molecule has 2 heterocycles. The largest absolute Gasteiger partial charge is 0.481 e. The van der Waals surface area contributed by atoms with E-state index in [2.05, 4.69) is 17.1 Å². The Balaban J connectivity index is 1.65. The summed E-state index contributed by atoms with van der Waals surface area (Å²) in [7, 11) is 0. The van der Waals surface area contributed by atoms with Crippen molar-refractivity contribution in [3.05, 3.63) is 0 Å². The molecule has 0 aliphatic carbocycles. The van der Waals surface area contributed by atoms with Gasteiger partial charge in [-0.15, -0.1) is 0 Å². The van der Waals surface area contributed by atoms with Gasteiger partial charge in [-0.1, -0.05) is 6.92 Å². The number of urea groups is 1. The Bertz CT molecular complexity index is 363. The maximum Gasteiger partial charge on any atom is 0.317 e. The minimum atomic E-state index is -0.780. The van der Waals surface area contributed by atoms with E-state index in [9.17, 15) is 9.59 Å². The molecule has 20 heavy (non-hydrogen) atoms.